The van der Waals surface area contributed by atoms with Gasteiger partial charge in [0.25, 0.3) is 5.91 Å². The summed E-state index contributed by atoms with van der Waals surface area (Å²) in [5, 5.41) is 40.2. The molecule has 1 heterocycles. The molecule has 1 saturated heterocycles. The minimum absolute atomic E-state index is 0.00289. The first-order chi connectivity index (χ1) is 32.7. The van der Waals surface area contributed by atoms with E-state index in [2.05, 4.69) is 5.32 Å². The minimum atomic E-state index is -2.39. The average Bonchev–Trinajstić information content (AvgIpc) is 3.29. The average molecular weight is 1010 g/mol. The second-order valence-electron chi connectivity index (χ2n) is 18.8. The summed E-state index contributed by atoms with van der Waals surface area (Å²) in [6.07, 6.45) is -3.96. The van der Waals surface area contributed by atoms with Crippen LogP contribution in [0.25, 0.3) is 0 Å². The molecular weight excluding hydrogens is 947 g/mol. The van der Waals surface area contributed by atoms with Gasteiger partial charge in [-0.25, -0.2) is 9.59 Å². The number of hydrogen-bond acceptors (Lipinski definition) is 16. The van der Waals surface area contributed by atoms with Crippen molar-refractivity contribution in [2.45, 2.75) is 108 Å². The second kappa shape index (κ2) is 22.3. The van der Waals surface area contributed by atoms with Crippen molar-refractivity contribution in [3.63, 3.8) is 0 Å². The number of carbonyl (C=O) groups excluding carboxylic acids is 6. The SMILES string of the molecule is CC(=O)O[C@H]1C(=O)[C@@]2(C)C([C@H](OC(=O)c3ccccc3)[C@]3(O)C[C@H](OC(=O)[C@H](O)[C@@H](NC(=O)c4ccccc4)c4ccccc4)C(C)=C1C3(C)C)[C@]1(OC(C)=O)CO[C@@H]1C[C@@H]2O.CS(C)=O.CS(C)=O. The van der Waals surface area contributed by atoms with Gasteiger partial charge in [0.1, 0.15) is 23.9 Å². The summed E-state index contributed by atoms with van der Waals surface area (Å²) in [6.45, 7) is 7.97. The maximum Gasteiger partial charge on any atom is 0.338 e. The maximum atomic E-state index is 15.5. The van der Waals surface area contributed by atoms with Crippen molar-refractivity contribution in [2.24, 2.45) is 16.7 Å². The van der Waals surface area contributed by atoms with Crippen molar-refractivity contribution in [3.05, 3.63) is 119 Å². The summed E-state index contributed by atoms with van der Waals surface area (Å²) in [4.78, 5) is 83.5. The zero-order valence-corrected chi connectivity index (χ0v) is 42.5. The molecule has 2 bridgehead atoms. The standard InChI is InChI=1S/C47H51NO14.2C2H6OS/c1-25-31(60-43(56)36(52)35(28-16-10-7-11-17-28)48-41(54)29-18-12-8-13-19-29)23-47(57)40(61-42(55)30-20-14-9-15-21-30)38-45(6,32(51)22-33-46(38,24-58-33)62-27(3)50)39(53)37(59-26(2)49)34(25)44(47,4)5;2*1-4(2)3/h7-21,31-33,35-38,40,51-52,57H,22-24H2,1-6H3,(H,48,54);2*1-2H3/t31-,32-,33+,35-,36+,37+,38?,40-,45+,46-,47+;;/m0../s1. The number of benzene rings is 3. The van der Waals surface area contributed by atoms with Gasteiger partial charge in [0.15, 0.2) is 23.6 Å². The first-order valence-electron chi connectivity index (χ1n) is 22.4. The van der Waals surface area contributed by atoms with Gasteiger partial charge in [0.2, 0.25) is 0 Å². The number of hydrogen-bond donors (Lipinski definition) is 4. The number of carbonyl (C=O) groups is 6. The zero-order chi connectivity index (χ0) is 52.1. The molecular formula is C51H63NO16S2. The van der Waals surface area contributed by atoms with Gasteiger partial charge in [-0.05, 0) is 54.8 Å². The molecule has 1 unspecified atom stereocenters. The van der Waals surface area contributed by atoms with Gasteiger partial charge >= 0.3 is 23.9 Å². The molecule has 4 aliphatic rings. The van der Waals surface area contributed by atoms with E-state index < -0.39 is 134 Å². The van der Waals surface area contributed by atoms with E-state index in [-0.39, 0.29) is 35.3 Å². The number of Topliss-reactive ketones (excluding diaryl/α,β-unsaturated/α-hetero) is 1. The van der Waals surface area contributed by atoms with Gasteiger partial charge < -0.3 is 44.3 Å². The Hall–Kier alpha value is -5.44. The lowest BCUT2D eigenvalue weighted by Crippen LogP contribution is -2.82. The van der Waals surface area contributed by atoms with Crippen LogP contribution in [0.4, 0.5) is 0 Å². The van der Waals surface area contributed by atoms with E-state index >= 15 is 4.79 Å². The van der Waals surface area contributed by atoms with Crippen molar-refractivity contribution < 1.29 is 76.2 Å². The van der Waals surface area contributed by atoms with E-state index in [1.807, 2.05) is 0 Å². The molecule has 3 fully saturated rings. The summed E-state index contributed by atoms with van der Waals surface area (Å²) in [6, 6.07) is 22.9. The third-order valence-corrected chi connectivity index (χ3v) is 13.5. The van der Waals surface area contributed by atoms with Crippen LogP contribution in [0, 0.1) is 16.7 Å². The number of nitrogens with one attached hydrogen (secondary N) is 1. The van der Waals surface area contributed by atoms with E-state index in [1.54, 1.807) is 118 Å². The highest BCUT2D eigenvalue weighted by molar-refractivity contribution is 7.83. The van der Waals surface area contributed by atoms with Crippen LogP contribution in [0.15, 0.2) is 102 Å². The topological polar surface area (TPSA) is 255 Å². The smallest absolute Gasteiger partial charge is 0.338 e. The van der Waals surface area contributed by atoms with Gasteiger partial charge in [0.05, 0.1) is 35.6 Å². The van der Waals surface area contributed by atoms with Crippen LogP contribution in [0.3, 0.4) is 0 Å². The quantitative estimate of drug-likeness (QED) is 0.128. The van der Waals surface area contributed by atoms with Crippen LogP contribution < -0.4 is 5.32 Å². The molecule has 380 valence electrons. The lowest BCUT2D eigenvalue weighted by molar-refractivity contribution is -0.346. The molecule has 4 N–H and O–H groups in total. The van der Waals surface area contributed by atoms with Gasteiger partial charge in [-0.3, -0.25) is 27.6 Å². The third-order valence-electron chi connectivity index (χ3n) is 13.5. The molecule has 11 atom stereocenters. The van der Waals surface area contributed by atoms with E-state index in [1.165, 1.54) is 26.0 Å². The maximum absolute atomic E-state index is 15.5. The van der Waals surface area contributed by atoms with E-state index in [0.717, 1.165) is 13.8 Å². The molecule has 19 heteroatoms. The van der Waals surface area contributed by atoms with Gasteiger partial charge in [0, 0.05) is 84.3 Å². The Balaban J connectivity index is 0.00000106. The third kappa shape index (κ3) is 11.2. The first-order valence-corrected chi connectivity index (χ1v) is 26.4. The molecule has 0 radical (unpaired) electrons. The van der Waals surface area contributed by atoms with Gasteiger partial charge in [-0.1, -0.05) is 80.6 Å². The molecule has 7 rings (SSSR count). The number of amides is 1. The molecule has 0 aromatic heterocycles. The number of fused-ring (bicyclic) bond motifs is 5. The lowest BCUT2D eigenvalue weighted by Gasteiger charge is -2.67. The Morgan fingerprint density at radius 1 is 0.786 bits per heavy atom. The number of ketones is 1. The van der Waals surface area contributed by atoms with Crippen molar-refractivity contribution >= 4 is 57.2 Å². The van der Waals surface area contributed by atoms with Crippen LogP contribution in [-0.4, -0.2) is 139 Å². The Bertz CT molecular complexity index is 2480. The fraction of sp³-hybridized carbons (Fsp3) is 0.490. The number of aliphatic hydroxyl groups is 3. The Morgan fingerprint density at radius 3 is 1.79 bits per heavy atom. The number of rotatable bonds is 10. The van der Waals surface area contributed by atoms with Crippen molar-refractivity contribution in [1.82, 2.24) is 5.32 Å². The molecule has 0 spiro atoms. The van der Waals surface area contributed by atoms with E-state index in [9.17, 15) is 47.7 Å². The minimum Gasteiger partial charge on any atom is -0.456 e. The van der Waals surface area contributed by atoms with Gasteiger partial charge in [-0.2, -0.15) is 0 Å². The summed E-state index contributed by atoms with van der Waals surface area (Å²) in [5.41, 5.74) is -7.02. The summed E-state index contributed by atoms with van der Waals surface area (Å²) >= 11 is 0. The molecule has 3 aromatic carbocycles. The van der Waals surface area contributed by atoms with Crippen LogP contribution in [0.2, 0.25) is 0 Å². The Kier molecular flexibility index (Phi) is 17.7. The highest BCUT2D eigenvalue weighted by Crippen LogP contribution is 2.64. The predicted molar refractivity (Wildman–Crippen MR) is 258 cm³/mol. The van der Waals surface area contributed by atoms with Crippen LogP contribution in [-0.2, 0) is 64.5 Å². The fourth-order valence-electron chi connectivity index (χ4n) is 10.2. The molecule has 1 amide bonds. The Morgan fingerprint density at radius 2 is 1.30 bits per heavy atom. The summed E-state index contributed by atoms with van der Waals surface area (Å²) < 4.78 is 49.4. The molecule has 3 aromatic rings. The zero-order valence-electron chi connectivity index (χ0n) is 40.9. The lowest BCUT2D eigenvalue weighted by atomic mass is 9.44. The molecule has 70 heavy (non-hydrogen) atoms. The second-order valence-corrected chi connectivity index (χ2v) is 21.8. The number of esters is 4. The van der Waals surface area contributed by atoms with Crippen LogP contribution >= 0.6 is 0 Å². The molecule has 17 nitrogen and oxygen atoms in total. The summed E-state index contributed by atoms with van der Waals surface area (Å²) in [7, 11) is -1.22. The highest BCUT2D eigenvalue weighted by atomic mass is 32.2. The molecule has 1 aliphatic heterocycles. The van der Waals surface area contributed by atoms with Crippen molar-refractivity contribution in [1.29, 1.82) is 0 Å². The van der Waals surface area contributed by atoms with Crippen molar-refractivity contribution in [2.75, 3.05) is 31.6 Å². The molecule has 2 saturated carbocycles. The Labute approximate surface area is 412 Å². The fourth-order valence-corrected chi connectivity index (χ4v) is 10.2. The number of ether oxygens (including phenoxy) is 5. The van der Waals surface area contributed by atoms with Crippen LogP contribution in [0.5, 0.6) is 0 Å². The normalized spacial score (nSPS) is 29.2. The largest absolute Gasteiger partial charge is 0.456 e. The highest BCUT2D eigenvalue weighted by Gasteiger charge is 2.78. The first kappa shape index (κ1) is 55.5. The van der Waals surface area contributed by atoms with Gasteiger partial charge in [-0.15, -0.1) is 0 Å². The van der Waals surface area contributed by atoms with E-state index in [4.69, 9.17) is 23.7 Å². The van der Waals surface area contributed by atoms with Crippen LogP contribution in [0.1, 0.15) is 86.7 Å². The predicted octanol–water partition coefficient (Wildman–Crippen LogP) is 3.73. The van der Waals surface area contributed by atoms with Crippen molar-refractivity contribution in [3.8, 4) is 0 Å². The molecule has 3 aliphatic carbocycles. The monoisotopic (exact) mass is 1010 g/mol. The number of aliphatic hydroxyl groups excluding tert-OH is 2. The summed E-state index contributed by atoms with van der Waals surface area (Å²) in [5.74, 6) is -6.84. The van der Waals surface area contributed by atoms with E-state index in [0.29, 0.717) is 5.56 Å².